The monoisotopic (exact) mass is 162 g/mol. The van der Waals surface area contributed by atoms with Crippen LogP contribution in [0.25, 0.3) is 0 Å². The van der Waals surface area contributed by atoms with Gasteiger partial charge in [0.25, 0.3) is 0 Å². The Morgan fingerprint density at radius 3 is 1.50 bits per heavy atom. The SMILES string of the molecule is O=C(O)C(F)(F)C(O)(F)F. The highest BCUT2D eigenvalue weighted by Crippen LogP contribution is 2.31. The maximum Gasteiger partial charge on any atom is 0.430 e. The summed E-state index contributed by atoms with van der Waals surface area (Å²) in [5, 5.41) is 14.6. The summed E-state index contributed by atoms with van der Waals surface area (Å²) in [6, 6.07) is 0. The number of aliphatic hydroxyl groups is 1. The maximum atomic E-state index is 11.5. The Morgan fingerprint density at radius 2 is 1.50 bits per heavy atom. The molecule has 0 aliphatic rings. The number of carboxylic acid groups (broad SMARTS) is 1. The summed E-state index contributed by atoms with van der Waals surface area (Å²) in [6.45, 7) is 0. The lowest BCUT2D eigenvalue weighted by molar-refractivity contribution is -0.316. The van der Waals surface area contributed by atoms with Gasteiger partial charge in [-0.05, 0) is 0 Å². The van der Waals surface area contributed by atoms with Crippen LogP contribution in [0.2, 0.25) is 0 Å². The van der Waals surface area contributed by atoms with E-state index in [1.807, 2.05) is 0 Å². The summed E-state index contributed by atoms with van der Waals surface area (Å²) in [4.78, 5) is 9.28. The summed E-state index contributed by atoms with van der Waals surface area (Å²) in [5.74, 6) is -8.49. The van der Waals surface area contributed by atoms with E-state index in [-0.39, 0.29) is 0 Å². The molecule has 0 amide bonds. The smallest absolute Gasteiger partial charge is 0.430 e. The molecule has 0 heterocycles. The Balaban J connectivity index is 4.57. The third kappa shape index (κ3) is 1.35. The van der Waals surface area contributed by atoms with Gasteiger partial charge in [0.1, 0.15) is 0 Å². The number of rotatable bonds is 2. The quantitative estimate of drug-likeness (QED) is 0.573. The summed E-state index contributed by atoms with van der Waals surface area (Å²) < 4.78 is 45.3. The molecule has 2 N–H and O–H groups in total. The van der Waals surface area contributed by atoms with Crippen molar-refractivity contribution >= 4 is 5.97 Å². The average Bonchev–Trinajstić information content (AvgIpc) is 1.62. The van der Waals surface area contributed by atoms with Gasteiger partial charge in [-0.1, -0.05) is 0 Å². The Labute approximate surface area is 51.9 Å². The fraction of sp³-hybridized carbons (Fsp3) is 0.667. The van der Waals surface area contributed by atoms with Gasteiger partial charge in [0.05, 0.1) is 0 Å². The van der Waals surface area contributed by atoms with Crippen LogP contribution in [0, 0.1) is 0 Å². The number of carbonyl (C=O) groups is 1. The molecule has 0 aromatic carbocycles. The second kappa shape index (κ2) is 2.08. The van der Waals surface area contributed by atoms with Crippen molar-refractivity contribution in [1.82, 2.24) is 0 Å². The standard InChI is InChI=1S/C3H2F4O3/c4-2(5,1(8)9)3(6,7)10/h10H,(H,8,9). The number of hydrogen-bond acceptors (Lipinski definition) is 2. The molecule has 0 saturated heterocycles. The molecule has 0 unspecified atom stereocenters. The molecular weight excluding hydrogens is 160 g/mol. The molecule has 0 saturated carbocycles. The predicted octanol–water partition coefficient (Wildman–Crippen LogP) is 0.291. The highest BCUT2D eigenvalue weighted by atomic mass is 19.3. The molecule has 0 aliphatic carbocycles. The number of carboxylic acids is 1. The molecule has 0 fully saturated rings. The molecule has 0 spiro atoms. The van der Waals surface area contributed by atoms with E-state index in [1.165, 1.54) is 0 Å². The van der Waals surface area contributed by atoms with Gasteiger partial charge in [-0.2, -0.15) is 17.6 Å². The molecule has 0 rings (SSSR count). The van der Waals surface area contributed by atoms with Gasteiger partial charge in [-0.15, -0.1) is 0 Å². The summed E-state index contributed by atoms with van der Waals surface area (Å²) in [7, 11) is 0. The van der Waals surface area contributed by atoms with Gasteiger partial charge < -0.3 is 10.2 Å². The fourth-order valence-electron chi connectivity index (χ4n) is 0.129. The van der Waals surface area contributed by atoms with Crippen LogP contribution in [0.4, 0.5) is 17.6 Å². The highest BCUT2D eigenvalue weighted by Gasteiger charge is 2.62. The fourth-order valence-corrected chi connectivity index (χ4v) is 0.129. The van der Waals surface area contributed by atoms with Crippen LogP contribution in [0.3, 0.4) is 0 Å². The molecule has 60 valence electrons. The Kier molecular flexibility index (Phi) is 1.90. The van der Waals surface area contributed by atoms with Gasteiger partial charge in [-0.25, -0.2) is 4.79 Å². The van der Waals surface area contributed by atoms with Crippen molar-refractivity contribution in [2.75, 3.05) is 0 Å². The van der Waals surface area contributed by atoms with Gasteiger partial charge in [0.15, 0.2) is 0 Å². The normalized spacial score (nSPS) is 13.3. The Morgan fingerprint density at radius 1 is 1.20 bits per heavy atom. The minimum atomic E-state index is -5.52. The molecule has 10 heavy (non-hydrogen) atoms. The van der Waals surface area contributed by atoms with Gasteiger partial charge >= 0.3 is 18.0 Å². The van der Waals surface area contributed by atoms with E-state index in [1.54, 1.807) is 0 Å². The van der Waals surface area contributed by atoms with Crippen LogP contribution in [0.5, 0.6) is 0 Å². The molecule has 0 bridgehead atoms. The summed E-state index contributed by atoms with van der Waals surface area (Å²) in [6.07, 6.45) is -5.52. The van der Waals surface area contributed by atoms with Crippen molar-refractivity contribution in [3.63, 3.8) is 0 Å². The molecule has 0 aliphatic heterocycles. The van der Waals surface area contributed by atoms with E-state index in [2.05, 4.69) is 0 Å². The van der Waals surface area contributed by atoms with E-state index in [9.17, 15) is 22.4 Å². The summed E-state index contributed by atoms with van der Waals surface area (Å²) in [5.41, 5.74) is 0. The summed E-state index contributed by atoms with van der Waals surface area (Å²) >= 11 is 0. The number of aliphatic carboxylic acids is 1. The zero-order valence-corrected chi connectivity index (χ0v) is 4.31. The van der Waals surface area contributed by atoms with Crippen molar-refractivity contribution in [3.8, 4) is 0 Å². The zero-order valence-electron chi connectivity index (χ0n) is 4.31. The molecular formula is C3H2F4O3. The Hall–Kier alpha value is -0.850. The molecule has 0 aromatic heterocycles. The zero-order chi connectivity index (χ0) is 8.58. The van der Waals surface area contributed by atoms with E-state index in [0.717, 1.165) is 0 Å². The molecule has 0 aromatic rings. The lowest BCUT2D eigenvalue weighted by atomic mass is 10.3. The largest absolute Gasteiger partial charge is 0.477 e. The molecule has 0 radical (unpaired) electrons. The second-order valence-corrected chi connectivity index (χ2v) is 1.42. The molecule has 0 atom stereocenters. The lowest BCUT2D eigenvalue weighted by Gasteiger charge is -2.15. The number of hydrogen-bond donors (Lipinski definition) is 2. The van der Waals surface area contributed by atoms with Crippen molar-refractivity contribution in [2.45, 2.75) is 12.0 Å². The molecule has 3 nitrogen and oxygen atoms in total. The molecule has 7 heteroatoms. The predicted molar refractivity (Wildman–Crippen MR) is 19.7 cm³/mol. The minimum absolute atomic E-state index is 3.07. The topological polar surface area (TPSA) is 57.5 Å². The van der Waals surface area contributed by atoms with Crippen LogP contribution in [0.15, 0.2) is 0 Å². The number of alkyl halides is 4. The maximum absolute atomic E-state index is 11.5. The van der Waals surface area contributed by atoms with Crippen LogP contribution in [-0.2, 0) is 4.79 Å². The first-order valence-electron chi connectivity index (χ1n) is 1.91. The first kappa shape index (κ1) is 9.15. The van der Waals surface area contributed by atoms with Crippen molar-refractivity contribution in [1.29, 1.82) is 0 Å². The second-order valence-electron chi connectivity index (χ2n) is 1.42. The van der Waals surface area contributed by atoms with Gasteiger partial charge in [-0.3, -0.25) is 0 Å². The highest BCUT2D eigenvalue weighted by molar-refractivity contribution is 5.76. The first-order valence-corrected chi connectivity index (χ1v) is 1.91. The number of halogens is 4. The Bertz CT molecular complexity index is 148. The van der Waals surface area contributed by atoms with E-state index in [0.29, 0.717) is 0 Å². The van der Waals surface area contributed by atoms with Crippen LogP contribution in [-0.4, -0.2) is 28.2 Å². The van der Waals surface area contributed by atoms with Gasteiger partial charge in [0.2, 0.25) is 0 Å². The van der Waals surface area contributed by atoms with Crippen molar-refractivity contribution in [3.05, 3.63) is 0 Å². The van der Waals surface area contributed by atoms with Crippen molar-refractivity contribution in [2.24, 2.45) is 0 Å². The van der Waals surface area contributed by atoms with E-state index >= 15 is 0 Å². The van der Waals surface area contributed by atoms with Crippen molar-refractivity contribution < 1.29 is 32.6 Å². The lowest BCUT2D eigenvalue weighted by Crippen LogP contribution is -2.46. The average molecular weight is 162 g/mol. The minimum Gasteiger partial charge on any atom is -0.477 e. The van der Waals surface area contributed by atoms with Crippen LogP contribution < -0.4 is 0 Å². The third-order valence-corrected chi connectivity index (χ3v) is 0.646. The third-order valence-electron chi connectivity index (χ3n) is 0.646. The van der Waals surface area contributed by atoms with Crippen LogP contribution >= 0.6 is 0 Å². The van der Waals surface area contributed by atoms with Gasteiger partial charge in [0, 0.05) is 0 Å². The first-order chi connectivity index (χ1) is 4.19. The van der Waals surface area contributed by atoms with E-state index < -0.39 is 18.0 Å². The van der Waals surface area contributed by atoms with Crippen LogP contribution in [0.1, 0.15) is 0 Å². The van der Waals surface area contributed by atoms with E-state index in [4.69, 9.17) is 10.2 Å².